The normalized spacial score (nSPS) is 9.27. The molecule has 0 aliphatic carbocycles. The van der Waals surface area contributed by atoms with Gasteiger partial charge >= 0.3 is 0 Å². The topological polar surface area (TPSA) is 0 Å². The van der Waals surface area contributed by atoms with Crippen LogP contribution in [0.4, 0.5) is 4.39 Å². The van der Waals surface area contributed by atoms with E-state index in [4.69, 9.17) is 18.0 Å². The van der Waals surface area contributed by atoms with Gasteiger partial charge in [-0.3, -0.25) is 0 Å². The van der Waals surface area contributed by atoms with Crippen LogP contribution in [0.3, 0.4) is 0 Å². The van der Waals surface area contributed by atoms with Crippen LogP contribution in [0.2, 0.25) is 5.02 Å². The molecule has 0 N–H and O–H groups in total. The predicted octanol–water partition coefficient (Wildman–Crippen LogP) is 3.22. The van der Waals surface area contributed by atoms with Crippen LogP contribution in [-0.2, 0) is 0 Å². The van der Waals surface area contributed by atoms with Gasteiger partial charge < -0.3 is 0 Å². The van der Waals surface area contributed by atoms with Crippen molar-refractivity contribution in [1.29, 1.82) is 0 Å². The standard InChI is InChI=1S/C8H3BrClF/c1-2-5-3-6(11)4-7(10)8(5)9/h1,3-4H. The van der Waals surface area contributed by atoms with Crippen molar-refractivity contribution in [3.63, 3.8) is 0 Å². The molecule has 0 spiro atoms. The third-order valence-electron chi connectivity index (χ3n) is 1.15. The molecule has 0 fully saturated rings. The Labute approximate surface area is 77.5 Å². The highest BCUT2D eigenvalue weighted by atomic mass is 79.9. The molecule has 0 unspecified atom stereocenters. The number of rotatable bonds is 0. The zero-order valence-electron chi connectivity index (χ0n) is 5.37. The summed E-state index contributed by atoms with van der Waals surface area (Å²) in [6.07, 6.45) is 5.08. The van der Waals surface area contributed by atoms with Crippen molar-refractivity contribution in [2.75, 3.05) is 0 Å². The van der Waals surface area contributed by atoms with Crippen LogP contribution in [0.5, 0.6) is 0 Å². The lowest BCUT2D eigenvalue weighted by Gasteiger charge is -1.98. The molecule has 0 aliphatic heterocycles. The van der Waals surface area contributed by atoms with Crippen molar-refractivity contribution in [2.24, 2.45) is 0 Å². The van der Waals surface area contributed by atoms with Gasteiger partial charge in [-0.05, 0) is 28.1 Å². The van der Waals surface area contributed by atoms with Crippen molar-refractivity contribution in [3.05, 3.63) is 33.0 Å². The monoisotopic (exact) mass is 232 g/mol. The third-order valence-corrected chi connectivity index (χ3v) is 2.53. The van der Waals surface area contributed by atoms with Crippen LogP contribution in [0.25, 0.3) is 0 Å². The zero-order valence-corrected chi connectivity index (χ0v) is 7.71. The van der Waals surface area contributed by atoms with E-state index < -0.39 is 5.82 Å². The molecule has 0 saturated carbocycles. The fraction of sp³-hybridized carbons (Fsp3) is 0. The number of halogens is 3. The van der Waals surface area contributed by atoms with E-state index in [1.807, 2.05) is 0 Å². The Balaban J connectivity index is 3.39. The maximum atomic E-state index is 12.6. The van der Waals surface area contributed by atoms with Gasteiger partial charge in [-0.15, -0.1) is 6.42 Å². The second-order valence-electron chi connectivity index (χ2n) is 1.89. The largest absolute Gasteiger partial charge is 0.207 e. The van der Waals surface area contributed by atoms with Gasteiger partial charge in [0.15, 0.2) is 0 Å². The van der Waals surface area contributed by atoms with E-state index >= 15 is 0 Å². The maximum Gasteiger partial charge on any atom is 0.126 e. The Bertz CT molecular complexity index is 328. The average Bonchev–Trinajstić information content (AvgIpc) is 1.96. The van der Waals surface area contributed by atoms with Crippen LogP contribution in [0, 0.1) is 18.2 Å². The minimum atomic E-state index is -0.425. The number of benzene rings is 1. The summed E-state index contributed by atoms with van der Waals surface area (Å²) in [7, 11) is 0. The number of terminal acetylenes is 1. The molecule has 0 aromatic heterocycles. The van der Waals surface area contributed by atoms with Crippen molar-refractivity contribution in [3.8, 4) is 12.3 Å². The van der Waals surface area contributed by atoms with Crippen LogP contribution in [-0.4, -0.2) is 0 Å². The average molecular weight is 233 g/mol. The lowest BCUT2D eigenvalue weighted by Crippen LogP contribution is -1.82. The molecule has 0 aliphatic rings. The van der Waals surface area contributed by atoms with Crippen molar-refractivity contribution < 1.29 is 4.39 Å². The highest BCUT2D eigenvalue weighted by Crippen LogP contribution is 2.26. The smallest absolute Gasteiger partial charge is 0.126 e. The molecular weight excluding hydrogens is 230 g/mol. The van der Waals surface area contributed by atoms with E-state index in [1.165, 1.54) is 12.1 Å². The van der Waals surface area contributed by atoms with Gasteiger partial charge in [-0.1, -0.05) is 17.5 Å². The molecule has 0 amide bonds. The summed E-state index contributed by atoms with van der Waals surface area (Å²) >= 11 is 8.75. The molecule has 3 heteroatoms. The quantitative estimate of drug-likeness (QED) is 0.477. The first kappa shape index (κ1) is 8.58. The first-order valence-electron chi connectivity index (χ1n) is 2.76. The summed E-state index contributed by atoms with van der Waals surface area (Å²) in [5.41, 5.74) is 0.426. The van der Waals surface area contributed by atoms with Crippen molar-refractivity contribution >= 4 is 27.5 Å². The van der Waals surface area contributed by atoms with Gasteiger partial charge in [0.25, 0.3) is 0 Å². The first-order chi connectivity index (χ1) is 5.15. The Kier molecular flexibility index (Phi) is 2.53. The van der Waals surface area contributed by atoms with E-state index in [-0.39, 0.29) is 5.02 Å². The highest BCUT2D eigenvalue weighted by Gasteiger charge is 2.04. The molecule has 1 aromatic carbocycles. The van der Waals surface area contributed by atoms with Gasteiger partial charge in [0.05, 0.1) is 9.50 Å². The first-order valence-corrected chi connectivity index (χ1v) is 3.93. The Morgan fingerprint density at radius 2 is 2.18 bits per heavy atom. The molecule has 0 bridgehead atoms. The molecule has 0 atom stereocenters. The zero-order chi connectivity index (χ0) is 8.43. The molecule has 0 radical (unpaired) electrons. The van der Waals surface area contributed by atoms with Crippen LogP contribution >= 0.6 is 27.5 Å². The highest BCUT2D eigenvalue weighted by molar-refractivity contribution is 9.10. The van der Waals surface area contributed by atoms with Gasteiger partial charge in [0.2, 0.25) is 0 Å². The third kappa shape index (κ3) is 1.74. The van der Waals surface area contributed by atoms with Crippen molar-refractivity contribution in [2.45, 2.75) is 0 Å². The van der Waals surface area contributed by atoms with E-state index in [1.54, 1.807) is 0 Å². The molecule has 0 nitrogen and oxygen atoms in total. The summed E-state index contributed by atoms with van der Waals surface area (Å²) in [6.45, 7) is 0. The van der Waals surface area contributed by atoms with Gasteiger partial charge in [0.1, 0.15) is 5.82 Å². The second-order valence-corrected chi connectivity index (χ2v) is 3.09. The minimum absolute atomic E-state index is 0.290. The van der Waals surface area contributed by atoms with E-state index in [0.717, 1.165) is 0 Å². The molecule has 56 valence electrons. The molecule has 0 saturated heterocycles. The van der Waals surface area contributed by atoms with E-state index in [9.17, 15) is 4.39 Å². The van der Waals surface area contributed by atoms with Crippen LogP contribution in [0.1, 0.15) is 5.56 Å². The number of hydrogen-bond donors (Lipinski definition) is 0. The number of hydrogen-bond acceptors (Lipinski definition) is 0. The lowest BCUT2D eigenvalue weighted by molar-refractivity contribution is 0.627. The fourth-order valence-corrected chi connectivity index (χ4v) is 1.21. The molecule has 11 heavy (non-hydrogen) atoms. The van der Waals surface area contributed by atoms with Gasteiger partial charge in [-0.2, -0.15) is 0 Å². The van der Waals surface area contributed by atoms with Gasteiger partial charge in [0, 0.05) is 5.56 Å². The fourth-order valence-electron chi connectivity index (χ4n) is 0.661. The molecule has 1 rings (SSSR count). The summed E-state index contributed by atoms with van der Waals surface area (Å²) < 4.78 is 13.2. The summed E-state index contributed by atoms with van der Waals surface area (Å²) in [5, 5.41) is 0.290. The van der Waals surface area contributed by atoms with Crippen molar-refractivity contribution in [1.82, 2.24) is 0 Å². The summed E-state index contributed by atoms with van der Waals surface area (Å²) in [6, 6.07) is 2.45. The predicted molar refractivity (Wildman–Crippen MR) is 47.0 cm³/mol. The molecule has 0 heterocycles. The maximum absolute atomic E-state index is 12.6. The lowest BCUT2D eigenvalue weighted by atomic mass is 10.2. The van der Waals surface area contributed by atoms with Crippen LogP contribution in [0.15, 0.2) is 16.6 Å². The Morgan fingerprint density at radius 1 is 1.55 bits per heavy atom. The SMILES string of the molecule is C#Cc1cc(F)cc(Cl)c1Br. The molecule has 1 aromatic rings. The Morgan fingerprint density at radius 3 is 2.73 bits per heavy atom. The summed E-state index contributed by atoms with van der Waals surface area (Å²) in [5.74, 6) is 1.88. The Hall–Kier alpha value is -0.520. The van der Waals surface area contributed by atoms with E-state index in [2.05, 4.69) is 21.9 Å². The van der Waals surface area contributed by atoms with Crippen LogP contribution < -0.4 is 0 Å². The second kappa shape index (κ2) is 3.25. The van der Waals surface area contributed by atoms with Gasteiger partial charge in [-0.25, -0.2) is 4.39 Å². The minimum Gasteiger partial charge on any atom is -0.207 e. The molecular formula is C8H3BrClF. The summed E-state index contributed by atoms with van der Waals surface area (Å²) in [4.78, 5) is 0. The van der Waals surface area contributed by atoms with E-state index in [0.29, 0.717) is 10.0 Å².